The zero-order chi connectivity index (χ0) is 16.6. The summed E-state index contributed by atoms with van der Waals surface area (Å²) in [5, 5.41) is 1.17. The van der Waals surface area contributed by atoms with Crippen LogP contribution in [0.1, 0.15) is 22.9 Å². The summed E-state index contributed by atoms with van der Waals surface area (Å²) in [6.07, 6.45) is -1.81. The van der Waals surface area contributed by atoms with Crippen molar-refractivity contribution >= 4 is 22.5 Å². The highest BCUT2D eigenvalue weighted by Crippen LogP contribution is 2.35. The molecule has 1 atom stereocenters. The second kappa shape index (κ2) is 5.79. The van der Waals surface area contributed by atoms with Gasteiger partial charge in [-0.1, -0.05) is 23.7 Å². The van der Waals surface area contributed by atoms with Gasteiger partial charge in [0.15, 0.2) is 0 Å². The third-order valence-electron chi connectivity index (χ3n) is 3.48. The summed E-state index contributed by atoms with van der Waals surface area (Å²) in [6, 6.07) is 8.04. The monoisotopic (exact) mass is 337 g/mol. The van der Waals surface area contributed by atoms with Crippen molar-refractivity contribution in [3.63, 3.8) is 0 Å². The van der Waals surface area contributed by atoms with E-state index in [9.17, 15) is 13.2 Å². The van der Waals surface area contributed by atoms with Crippen LogP contribution in [0.2, 0.25) is 5.02 Å². The molecule has 0 aliphatic heterocycles. The Balaban J connectivity index is 2.09. The minimum absolute atomic E-state index is 0.233. The molecule has 0 bridgehead atoms. The van der Waals surface area contributed by atoms with Crippen LogP contribution in [-0.2, 0) is 6.18 Å². The maximum atomic E-state index is 13.1. The number of fused-ring (bicyclic) bond motifs is 1. The predicted molar refractivity (Wildman–Crippen MR) is 82.0 cm³/mol. The number of pyridine rings is 2. The van der Waals surface area contributed by atoms with Gasteiger partial charge in [0.25, 0.3) is 0 Å². The molecule has 0 spiro atoms. The summed E-state index contributed by atoms with van der Waals surface area (Å²) in [4.78, 5) is 8.02. The van der Waals surface area contributed by atoms with Crippen LogP contribution < -0.4 is 5.73 Å². The molecule has 1 unspecified atom stereocenters. The average molecular weight is 338 g/mol. The summed E-state index contributed by atoms with van der Waals surface area (Å²) in [6.45, 7) is 0. The molecule has 0 amide bonds. The molecule has 23 heavy (non-hydrogen) atoms. The Labute approximate surface area is 134 Å². The van der Waals surface area contributed by atoms with Crippen LogP contribution in [0.4, 0.5) is 13.2 Å². The van der Waals surface area contributed by atoms with E-state index in [-0.39, 0.29) is 5.69 Å². The Hall–Kier alpha value is -2.18. The summed E-state index contributed by atoms with van der Waals surface area (Å²) < 4.78 is 39.3. The van der Waals surface area contributed by atoms with E-state index in [1.54, 1.807) is 24.3 Å². The lowest BCUT2D eigenvalue weighted by Crippen LogP contribution is -2.20. The smallest absolute Gasteiger partial charge is 0.319 e. The first kappa shape index (κ1) is 15.7. The fourth-order valence-corrected chi connectivity index (χ4v) is 2.60. The fourth-order valence-electron chi connectivity index (χ4n) is 2.37. The molecule has 1 aromatic carbocycles. The molecular weight excluding hydrogens is 327 g/mol. The first-order valence-corrected chi connectivity index (χ1v) is 7.07. The fraction of sp³-hybridized carbons (Fsp3) is 0.125. The summed E-state index contributed by atoms with van der Waals surface area (Å²) >= 11 is 6.04. The molecule has 7 heteroatoms. The number of para-hydroxylation sites is 1. The second-order valence-electron chi connectivity index (χ2n) is 4.99. The van der Waals surface area contributed by atoms with E-state index in [0.29, 0.717) is 21.5 Å². The minimum Gasteiger partial charge on any atom is -0.319 e. The number of halogens is 4. The largest absolute Gasteiger partial charge is 0.418 e. The molecular formula is C16H11ClF3N3. The van der Waals surface area contributed by atoms with Crippen molar-refractivity contribution in [2.45, 2.75) is 12.2 Å². The van der Waals surface area contributed by atoms with Crippen molar-refractivity contribution in [3.8, 4) is 0 Å². The number of hydrogen-bond acceptors (Lipinski definition) is 3. The summed E-state index contributed by atoms with van der Waals surface area (Å²) in [7, 11) is 0. The maximum Gasteiger partial charge on any atom is 0.418 e. The Morgan fingerprint density at radius 1 is 1.09 bits per heavy atom. The van der Waals surface area contributed by atoms with Crippen LogP contribution in [0.25, 0.3) is 10.9 Å². The molecule has 118 valence electrons. The van der Waals surface area contributed by atoms with Crippen LogP contribution >= 0.6 is 11.6 Å². The van der Waals surface area contributed by atoms with Gasteiger partial charge in [0.05, 0.1) is 27.8 Å². The lowest BCUT2D eigenvalue weighted by atomic mass is 10.00. The molecule has 0 saturated carbocycles. The van der Waals surface area contributed by atoms with E-state index in [1.165, 1.54) is 18.5 Å². The Morgan fingerprint density at radius 2 is 1.87 bits per heavy atom. The number of benzene rings is 1. The zero-order valence-corrected chi connectivity index (χ0v) is 12.4. The van der Waals surface area contributed by atoms with Gasteiger partial charge in [0, 0.05) is 17.8 Å². The third-order valence-corrected chi connectivity index (χ3v) is 3.79. The van der Waals surface area contributed by atoms with Gasteiger partial charge in [0.2, 0.25) is 0 Å². The maximum absolute atomic E-state index is 13.1. The molecule has 3 nitrogen and oxygen atoms in total. The van der Waals surface area contributed by atoms with Gasteiger partial charge in [-0.05, 0) is 29.8 Å². The van der Waals surface area contributed by atoms with Crippen LogP contribution in [-0.4, -0.2) is 9.97 Å². The number of aromatic nitrogens is 2. The number of nitrogens with two attached hydrogens (primary N) is 1. The van der Waals surface area contributed by atoms with E-state index in [1.807, 2.05) is 0 Å². The Morgan fingerprint density at radius 3 is 2.61 bits per heavy atom. The Bertz CT molecular complexity index is 865. The highest BCUT2D eigenvalue weighted by atomic mass is 35.5. The van der Waals surface area contributed by atoms with E-state index in [4.69, 9.17) is 17.3 Å². The van der Waals surface area contributed by atoms with Gasteiger partial charge >= 0.3 is 6.18 Å². The minimum atomic E-state index is -4.52. The van der Waals surface area contributed by atoms with Crippen molar-refractivity contribution in [2.24, 2.45) is 5.73 Å². The highest BCUT2D eigenvalue weighted by Gasteiger charge is 2.35. The van der Waals surface area contributed by atoms with Crippen molar-refractivity contribution < 1.29 is 13.2 Å². The molecule has 2 aromatic heterocycles. The molecule has 3 rings (SSSR count). The number of alkyl halides is 3. The number of hydrogen-bond donors (Lipinski definition) is 1. The van der Waals surface area contributed by atoms with Gasteiger partial charge in [-0.25, -0.2) is 0 Å². The number of nitrogens with zero attached hydrogens (tertiary/aromatic N) is 2. The Kier molecular flexibility index (Phi) is 3.95. The average Bonchev–Trinajstić information content (AvgIpc) is 2.53. The zero-order valence-electron chi connectivity index (χ0n) is 11.7. The van der Waals surface area contributed by atoms with Crippen LogP contribution in [0.3, 0.4) is 0 Å². The molecule has 0 aliphatic rings. The third kappa shape index (κ3) is 3.00. The van der Waals surface area contributed by atoms with E-state index in [2.05, 4.69) is 9.97 Å². The van der Waals surface area contributed by atoms with Gasteiger partial charge < -0.3 is 5.73 Å². The highest BCUT2D eigenvalue weighted by molar-refractivity contribution is 6.35. The van der Waals surface area contributed by atoms with Crippen molar-refractivity contribution in [1.29, 1.82) is 0 Å². The van der Waals surface area contributed by atoms with E-state index >= 15 is 0 Å². The van der Waals surface area contributed by atoms with Gasteiger partial charge in [-0.2, -0.15) is 13.2 Å². The number of rotatable bonds is 2. The topological polar surface area (TPSA) is 51.8 Å². The SMILES string of the molecule is NC(c1cnc2c(Cl)cccc2c1)c1ncccc1C(F)(F)F. The van der Waals surface area contributed by atoms with Crippen LogP contribution in [0.5, 0.6) is 0 Å². The molecule has 2 heterocycles. The molecule has 0 radical (unpaired) electrons. The van der Waals surface area contributed by atoms with Crippen LogP contribution in [0.15, 0.2) is 48.8 Å². The molecule has 2 N–H and O–H groups in total. The normalized spacial score (nSPS) is 13.3. The molecule has 0 aliphatic carbocycles. The predicted octanol–water partition coefficient (Wildman–Crippen LogP) is 4.35. The summed E-state index contributed by atoms with van der Waals surface area (Å²) in [5.41, 5.74) is 5.93. The van der Waals surface area contributed by atoms with Crippen molar-refractivity contribution in [2.75, 3.05) is 0 Å². The van der Waals surface area contributed by atoms with E-state index < -0.39 is 17.8 Å². The lowest BCUT2D eigenvalue weighted by Gasteiger charge is -2.17. The first-order chi connectivity index (χ1) is 10.9. The van der Waals surface area contributed by atoms with Gasteiger partial charge in [-0.15, -0.1) is 0 Å². The van der Waals surface area contributed by atoms with Crippen molar-refractivity contribution in [1.82, 2.24) is 9.97 Å². The van der Waals surface area contributed by atoms with Crippen molar-refractivity contribution in [3.05, 3.63) is 70.6 Å². The van der Waals surface area contributed by atoms with E-state index in [0.717, 1.165) is 6.07 Å². The molecule has 3 aromatic rings. The van der Waals surface area contributed by atoms with Gasteiger partial charge in [0.1, 0.15) is 0 Å². The molecule has 0 fully saturated rings. The molecule has 0 saturated heterocycles. The lowest BCUT2D eigenvalue weighted by molar-refractivity contribution is -0.138. The summed E-state index contributed by atoms with van der Waals surface area (Å²) in [5.74, 6) is 0. The first-order valence-electron chi connectivity index (χ1n) is 6.70. The quantitative estimate of drug-likeness (QED) is 0.756. The van der Waals surface area contributed by atoms with Gasteiger partial charge in [-0.3, -0.25) is 9.97 Å². The second-order valence-corrected chi connectivity index (χ2v) is 5.40. The standard InChI is InChI=1S/C16H11ClF3N3/c17-12-5-1-3-9-7-10(8-23-14(9)12)13(21)15-11(16(18,19)20)4-2-6-22-15/h1-8,13H,21H2. The van der Waals surface area contributed by atoms with Crippen LogP contribution in [0, 0.1) is 0 Å².